The van der Waals surface area contributed by atoms with Gasteiger partial charge in [-0.3, -0.25) is 19.8 Å². The fourth-order valence-electron chi connectivity index (χ4n) is 2.98. The van der Waals surface area contributed by atoms with Gasteiger partial charge in [-0.2, -0.15) is 0 Å². The number of rotatable bonds is 4. The zero-order valence-corrected chi connectivity index (χ0v) is 14.4. The van der Waals surface area contributed by atoms with Gasteiger partial charge in [0, 0.05) is 44.4 Å². The van der Waals surface area contributed by atoms with Crippen molar-refractivity contribution in [3.8, 4) is 0 Å². The number of para-hydroxylation sites is 1. The van der Waals surface area contributed by atoms with E-state index in [1.807, 2.05) is 0 Å². The highest BCUT2D eigenvalue weighted by Crippen LogP contribution is 2.21. The Balaban J connectivity index is 1.62. The van der Waals surface area contributed by atoms with Crippen LogP contribution in [0.4, 0.5) is 5.69 Å². The van der Waals surface area contributed by atoms with Crippen LogP contribution in [0.25, 0.3) is 0 Å². The first-order valence-electron chi connectivity index (χ1n) is 8.04. The topological polar surface area (TPSA) is 66.7 Å². The lowest BCUT2D eigenvalue weighted by Gasteiger charge is -2.34. The molecule has 6 nitrogen and oxygen atoms in total. The third-order valence-electron chi connectivity index (χ3n) is 4.35. The zero-order chi connectivity index (χ0) is 17.8. The molecule has 0 bridgehead atoms. The summed E-state index contributed by atoms with van der Waals surface area (Å²) < 4.78 is 0. The van der Waals surface area contributed by atoms with E-state index in [2.05, 4.69) is 4.90 Å². The summed E-state index contributed by atoms with van der Waals surface area (Å²) in [4.78, 5) is 27.2. The van der Waals surface area contributed by atoms with E-state index >= 15 is 0 Å². The highest BCUT2D eigenvalue weighted by Gasteiger charge is 2.24. The largest absolute Gasteiger partial charge is 0.336 e. The maximum Gasteiger partial charge on any atom is 0.273 e. The van der Waals surface area contributed by atoms with Crippen LogP contribution in [-0.2, 0) is 6.54 Å². The minimum absolute atomic E-state index is 0.0732. The number of carbonyl (C=O) groups is 1. The quantitative estimate of drug-likeness (QED) is 0.621. The molecule has 0 aliphatic carbocycles. The predicted molar refractivity (Wildman–Crippen MR) is 95.7 cm³/mol. The van der Waals surface area contributed by atoms with Crippen LogP contribution >= 0.6 is 11.6 Å². The molecule has 1 aliphatic heterocycles. The van der Waals surface area contributed by atoms with E-state index in [4.69, 9.17) is 11.6 Å². The normalized spacial score (nSPS) is 15.2. The number of carbonyl (C=O) groups excluding carboxylic acids is 1. The van der Waals surface area contributed by atoms with Crippen molar-refractivity contribution >= 4 is 23.2 Å². The summed E-state index contributed by atoms with van der Waals surface area (Å²) in [6.45, 7) is 2.99. The Kier molecular flexibility index (Phi) is 5.31. The molecule has 0 N–H and O–H groups in total. The maximum absolute atomic E-state index is 12.6. The van der Waals surface area contributed by atoms with Gasteiger partial charge in [0.2, 0.25) is 0 Å². The Morgan fingerprint density at radius 2 is 1.68 bits per heavy atom. The monoisotopic (exact) mass is 359 g/mol. The number of hydrogen-bond donors (Lipinski definition) is 0. The van der Waals surface area contributed by atoms with E-state index in [9.17, 15) is 14.9 Å². The summed E-state index contributed by atoms with van der Waals surface area (Å²) in [6.07, 6.45) is 0. The van der Waals surface area contributed by atoms with E-state index in [0.717, 1.165) is 0 Å². The molecule has 0 radical (unpaired) electrons. The lowest BCUT2D eigenvalue weighted by Crippen LogP contribution is -2.48. The molecule has 1 heterocycles. The van der Waals surface area contributed by atoms with Gasteiger partial charge in [-0.1, -0.05) is 41.9 Å². The van der Waals surface area contributed by atoms with Crippen molar-refractivity contribution in [2.24, 2.45) is 0 Å². The summed E-state index contributed by atoms with van der Waals surface area (Å²) in [7, 11) is 0. The Morgan fingerprint density at radius 1 is 1.04 bits per heavy atom. The molecule has 2 aromatic carbocycles. The predicted octanol–water partition coefficient (Wildman–Crippen LogP) is 3.21. The van der Waals surface area contributed by atoms with Crippen LogP contribution in [0.15, 0.2) is 48.5 Å². The lowest BCUT2D eigenvalue weighted by atomic mass is 10.1. The molecule has 0 aromatic heterocycles. The highest BCUT2D eigenvalue weighted by molar-refractivity contribution is 6.33. The van der Waals surface area contributed by atoms with Crippen molar-refractivity contribution in [2.75, 3.05) is 26.2 Å². The molecule has 1 amide bonds. The molecule has 1 aliphatic rings. The number of halogens is 1. The molecular formula is C18H18ClN3O3. The van der Waals surface area contributed by atoms with Crippen LogP contribution in [0, 0.1) is 10.1 Å². The molecule has 3 rings (SSSR count). The summed E-state index contributed by atoms with van der Waals surface area (Å²) in [5.41, 5.74) is 1.34. The Bertz CT molecular complexity index is 789. The third-order valence-corrected chi connectivity index (χ3v) is 4.68. The van der Waals surface area contributed by atoms with E-state index in [1.54, 1.807) is 47.4 Å². The average Bonchev–Trinajstić information content (AvgIpc) is 2.62. The fraction of sp³-hybridized carbons (Fsp3) is 0.278. The first-order valence-corrected chi connectivity index (χ1v) is 8.42. The molecule has 0 unspecified atom stereocenters. The van der Waals surface area contributed by atoms with Crippen LogP contribution in [0.5, 0.6) is 0 Å². The SMILES string of the molecule is O=C(c1ccccc1Cl)N1CCN(Cc2ccccc2[N+](=O)[O-])CC1. The van der Waals surface area contributed by atoms with Gasteiger partial charge in [0.05, 0.1) is 15.5 Å². The van der Waals surface area contributed by atoms with Crippen LogP contribution < -0.4 is 0 Å². The van der Waals surface area contributed by atoms with Gasteiger partial charge in [0.25, 0.3) is 11.6 Å². The Morgan fingerprint density at radius 3 is 2.36 bits per heavy atom. The van der Waals surface area contributed by atoms with E-state index in [-0.39, 0.29) is 16.5 Å². The van der Waals surface area contributed by atoms with Crippen molar-refractivity contribution in [1.29, 1.82) is 0 Å². The molecule has 2 aromatic rings. The molecular weight excluding hydrogens is 342 g/mol. The zero-order valence-electron chi connectivity index (χ0n) is 13.6. The second-order valence-corrected chi connectivity index (χ2v) is 6.34. The molecule has 1 saturated heterocycles. The van der Waals surface area contributed by atoms with Crippen molar-refractivity contribution < 1.29 is 9.72 Å². The number of nitro benzene ring substituents is 1. The second-order valence-electron chi connectivity index (χ2n) is 5.93. The minimum Gasteiger partial charge on any atom is -0.336 e. The molecule has 0 saturated carbocycles. The van der Waals surface area contributed by atoms with Gasteiger partial charge < -0.3 is 4.90 Å². The first kappa shape index (κ1) is 17.4. The molecule has 0 spiro atoms. The van der Waals surface area contributed by atoms with Gasteiger partial charge >= 0.3 is 0 Å². The number of amides is 1. The van der Waals surface area contributed by atoms with E-state index < -0.39 is 0 Å². The lowest BCUT2D eigenvalue weighted by molar-refractivity contribution is -0.385. The molecule has 7 heteroatoms. The van der Waals surface area contributed by atoms with Crippen molar-refractivity contribution in [2.45, 2.75) is 6.54 Å². The summed E-state index contributed by atoms with van der Waals surface area (Å²) in [6, 6.07) is 13.8. The number of nitro groups is 1. The van der Waals surface area contributed by atoms with Crippen LogP contribution in [0.2, 0.25) is 5.02 Å². The molecule has 1 fully saturated rings. The number of hydrogen-bond acceptors (Lipinski definition) is 4. The van der Waals surface area contributed by atoms with Crippen LogP contribution in [-0.4, -0.2) is 46.8 Å². The standard InChI is InChI=1S/C18H18ClN3O3/c19-16-7-3-2-6-15(16)18(23)21-11-9-20(10-12-21)13-14-5-1-4-8-17(14)22(24)25/h1-8H,9-13H2. The smallest absolute Gasteiger partial charge is 0.273 e. The van der Waals surface area contributed by atoms with Crippen molar-refractivity contribution in [1.82, 2.24) is 9.80 Å². The summed E-state index contributed by atoms with van der Waals surface area (Å²) >= 11 is 6.10. The Labute approximate surface area is 150 Å². The summed E-state index contributed by atoms with van der Waals surface area (Å²) in [5, 5.41) is 11.6. The Hall–Kier alpha value is -2.44. The van der Waals surface area contributed by atoms with Crippen molar-refractivity contribution in [3.05, 3.63) is 74.8 Å². The number of benzene rings is 2. The van der Waals surface area contributed by atoms with E-state index in [0.29, 0.717) is 48.9 Å². The average molecular weight is 360 g/mol. The number of nitrogens with zero attached hydrogens (tertiary/aromatic N) is 3. The van der Waals surface area contributed by atoms with Crippen LogP contribution in [0.1, 0.15) is 15.9 Å². The van der Waals surface area contributed by atoms with Gasteiger partial charge in [0.1, 0.15) is 0 Å². The summed E-state index contributed by atoms with van der Waals surface area (Å²) in [5.74, 6) is -0.0732. The first-order chi connectivity index (χ1) is 12.1. The highest BCUT2D eigenvalue weighted by atomic mass is 35.5. The van der Waals surface area contributed by atoms with Gasteiger partial charge in [-0.25, -0.2) is 0 Å². The van der Waals surface area contributed by atoms with Gasteiger partial charge in [0.15, 0.2) is 0 Å². The van der Waals surface area contributed by atoms with Crippen molar-refractivity contribution in [3.63, 3.8) is 0 Å². The molecule has 0 atom stereocenters. The second kappa shape index (κ2) is 7.63. The van der Waals surface area contributed by atoms with Gasteiger partial charge in [-0.15, -0.1) is 0 Å². The molecule has 130 valence electrons. The fourth-order valence-corrected chi connectivity index (χ4v) is 3.19. The van der Waals surface area contributed by atoms with E-state index in [1.165, 1.54) is 6.07 Å². The third kappa shape index (κ3) is 3.97. The minimum atomic E-state index is -0.355. The number of piperazine rings is 1. The maximum atomic E-state index is 12.6. The van der Waals surface area contributed by atoms with Gasteiger partial charge in [-0.05, 0) is 12.1 Å². The van der Waals surface area contributed by atoms with Crippen LogP contribution in [0.3, 0.4) is 0 Å². The molecule has 25 heavy (non-hydrogen) atoms.